The summed E-state index contributed by atoms with van der Waals surface area (Å²) in [5.74, 6) is -1.17. The predicted molar refractivity (Wildman–Crippen MR) is 111 cm³/mol. The van der Waals surface area contributed by atoms with Crippen molar-refractivity contribution in [2.24, 2.45) is 0 Å². The van der Waals surface area contributed by atoms with E-state index >= 15 is 0 Å². The number of rotatable bonds is 7. The van der Waals surface area contributed by atoms with Crippen LogP contribution in [0.5, 0.6) is 0 Å². The zero-order chi connectivity index (χ0) is 21.8. The molecule has 2 rings (SSSR count). The van der Waals surface area contributed by atoms with Gasteiger partial charge in [0, 0.05) is 11.7 Å². The third kappa shape index (κ3) is 6.13. The zero-order valence-electron chi connectivity index (χ0n) is 17.1. The minimum Gasteiger partial charge on any atom is -0.449 e. The van der Waals surface area contributed by atoms with Gasteiger partial charge in [0.2, 0.25) is 10.0 Å². The van der Waals surface area contributed by atoms with Crippen LogP contribution in [0.15, 0.2) is 47.4 Å². The Labute approximate surface area is 171 Å². The lowest BCUT2D eigenvalue weighted by Crippen LogP contribution is -2.31. The topological polar surface area (TPSA) is 102 Å². The van der Waals surface area contributed by atoms with Gasteiger partial charge < -0.3 is 10.1 Å². The Morgan fingerprint density at radius 3 is 2.14 bits per heavy atom. The third-order valence-corrected chi connectivity index (χ3v) is 5.76. The SMILES string of the molecule is Cc1ccc(NC(=O)C(C)OC(=O)c2ccc(S(=O)(=O)NC(C)C)cc2)c(C)c1. The molecule has 8 heteroatoms. The first-order chi connectivity index (χ1) is 13.5. The summed E-state index contributed by atoms with van der Waals surface area (Å²) in [6, 6.07) is 10.7. The van der Waals surface area contributed by atoms with E-state index in [0.717, 1.165) is 11.1 Å². The smallest absolute Gasteiger partial charge is 0.338 e. The van der Waals surface area contributed by atoms with Gasteiger partial charge in [0.15, 0.2) is 6.10 Å². The molecule has 0 fully saturated rings. The van der Waals surface area contributed by atoms with E-state index in [0.29, 0.717) is 5.69 Å². The molecular weight excluding hydrogens is 392 g/mol. The molecule has 1 unspecified atom stereocenters. The average molecular weight is 419 g/mol. The summed E-state index contributed by atoms with van der Waals surface area (Å²) in [5, 5.41) is 2.74. The summed E-state index contributed by atoms with van der Waals surface area (Å²) in [7, 11) is -3.65. The Balaban J connectivity index is 2.02. The van der Waals surface area contributed by atoms with E-state index in [9.17, 15) is 18.0 Å². The Bertz CT molecular complexity index is 998. The minimum atomic E-state index is -3.65. The normalized spacial score (nSPS) is 12.5. The molecule has 0 saturated carbocycles. The molecule has 1 atom stereocenters. The van der Waals surface area contributed by atoms with Crippen molar-refractivity contribution < 1.29 is 22.7 Å². The van der Waals surface area contributed by atoms with E-state index in [1.165, 1.54) is 31.2 Å². The van der Waals surface area contributed by atoms with Crippen LogP contribution in [0.1, 0.15) is 42.3 Å². The van der Waals surface area contributed by atoms with E-state index in [-0.39, 0.29) is 16.5 Å². The van der Waals surface area contributed by atoms with Crippen molar-refractivity contribution in [1.29, 1.82) is 0 Å². The molecule has 0 aliphatic heterocycles. The Morgan fingerprint density at radius 2 is 1.59 bits per heavy atom. The fraction of sp³-hybridized carbons (Fsp3) is 0.333. The third-order valence-electron chi connectivity index (χ3n) is 4.08. The molecule has 1 amide bonds. The van der Waals surface area contributed by atoms with Gasteiger partial charge in [-0.2, -0.15) is 0 Å². The van der Waals surface area contributed by atoms with Gasteiger partial charge in [-0.25, -0.2) is 17.9 Å². The van der Waals surface area contributed by atoms with Gasteiger partial charge in [0.1, 0.15) is 0 Å². The number of sulfonamides is 1. The van der Waals surface area contributed by atoms with Gasteiger partial charge in [-0.3, -0.25) is 4.79 Å². The minimum absolute atomic E-state index is 0.0448. The van der Waals surface area contributed by atoms with Gasteiger partial charge >= 0.3 is 5.97 Å². The van der Waals surface area contributed by atoms with Crippen molar-refractivity contribution in [3.05, 3.63) is 59.2 Å². The summed E-state index contributed by atoms with van der Waals surface area (Å²) in [6.45, 7) is 8.74. The van der Waals surface area contributed by atoms with Crippen LogP contribution < -0.4 is 10.0 Å². The van der Waals surface area contributed by atoms with Gasteiger partial charge in [-0.1, -0.05) is 17.7 Å². The number of ether oxygens (including phenoxy) is 1. The number of hydrogen-bond acceptors (Lipinski definition) is 5. The van der Waals surface area contributed by atoms with Crippen molar-refractivity contribution >= 4 is 27.6 Å². The zero-order valence-corrected chi connectivity index (χ0v) is 18.0. The molecule has 0 radical (unpaired) electrons. The Hall–Kier alpha value is -2.71. The maximum absolute atomic E-state index is 12.3. The van der Waals surface area contributed by atoms with Crippen molar-refractivity contribution in [3.63, 3.8) is 0 Å². The monoisotopic (exact) mass is 418 g/mol. The van der Waals surface area contributed by atoms with Crippen LogP contribution in [0.25, 0.3) is 0 Å². The van der Waals surface area contributed by atoms with E-state index in [1.807, 2.05) is 26.0 Å². The first-order valence-electron chi connectivity index (χ1n) is 9.21. The van der Waals surface area contributed by atoms with Crippen LogP contribution in [-0.4, -0.2) is 32.4 Å². The maximum Gasteiger partial charge on any atom is 0.338 e. The Morgan fingerprint density at radius 1 is 0.966 bits per heavy atom. The summed E-state index contributed by atoms with van der Waals surface area (Å²) >= 11 is 0. The fourth-order valence-electron chi connectivity index (χ4n) is 2.62. The van der Waals surface area contributed by atoms with E-state index in [2.05, 4.69) is 10.0 Å². The second-order valence-electron chi connectivity index (χ2n) is 7.16. The molecule has 0 aliphatic rings. The van der Waals surface area contributed by atoms with Gasteiger partial charge in [0.05, 0.1) is 10.5 Å². The van der Waals surface area contributed by atoms with Crippen LogP contribution in [0, 0.1) is 13.8 Å². The number of hydrogen-bond donors (Lipinski definition) is 2. The van der Waals surface area contributed by atoms with E-state index in [4.69, 9.17) is 4.74 Å². The lowest BCUT2D eigenvalue weighted by molar-refractivity contribution is -0.123. The lowest BCUT2D eigenvalue weighted by Gasteiger charge is -2.15. The second kappa shape index (κ2) is 9.19. The van der Waals surface area contributed by atoms with Crippen molar-refractivity contribution in [3.8, 4) is 0 Å². The summed E-state index contributed by atoms with van der Waals surface area (Å²) in [5.41, 5.74) is 2.79. The number of aryl methyl sites for hydroxylation is 2. The second-order valence-corrected chi connectivity index (χ2v) is 8.87. The molecule has 29 heavy (non-hydrogen) atoms. The number of esters is 1. The highest BCUT2D eigenvalue weighted by Gasteiger charge is 2.21. The number of nitrogens with one attached hydrogen (secondary N) is 2. The molecule has 0 heterocycles. The van der Waals surface area contributed by atoms with Crippen LogP contribution in [0.3, 0.4) is 0 Å². The highest BCUT2D eigenvalue weighted by Crippen LogP contribution is 2.17. The van der Waals surface area contributed by atoms with Crippen molar-refractivity contribution in [2.75, 3.05) is 5.32 Å². The van der Waals surface area contributed by atoms with Crippen molar-refractivity contribution in [1.82, 2.24) is 4.72 Å². The standard InChI is InChI=1S/C21H26N2O5S/c1-13(2)23-29(26,27)18-9-7-17(8-10-18)21(25)28-16(5)20(24)22-19-11-6-14(3)12-15(19)4/h6-13,16,23H,1-5H3,(H,22,24). The molecule has 156 valence electrons. The molecule has 0 bridgehead atoms. The van der Waals surface area contributed by atoms with Gasteiger partial charge in [-0.15, -0.1) is 0 Å². The number of anilines is 1. The first-order valence-corrected chi connectivity index (χ1v) is 10.7. The first kappa shape index (κ1) is 22.6. The van der Waals surface area contributed by atoms with Gasteiger partial charge in [0.25, 0.3) is 5.91 Å². The number of carbonyl (C=O) groups excluding carboxylic acids is 2. The molecule has 0 aliphatic carbocycles. The molecule has 0 aromatic heterocycles. The van der Waals surface area contributed by atoms with Crippen LogP contribution >= 0.6 is 0 Å². The molecule has 2 aromatic carbocycles. The van der Waals surface area contributed by atoms with Gasteiger partial charge in [-0.05, 0) is 70.5 Å². The quantitative estimate of drug-likeness (QED) is 0.673. The number of amides is 1. The highest BCUT2D eigenvalue weighted by atomic mass is 32.2. The summed E-state index contributed by atoms with van der Waals surface area (Å²) in [6.07, 6.45) is -1.02. The van der Waals surface area contributed by atoms with Crippen LogP contribution in [-0.2, 0) is 19.6 Å². The number of benzene rings is 2. The molecule has 0 saturated heterocycles. The highest BCUT2D eigenvalue weighted by molar-refractivity contribution is 7.89. The number of carbonyl (C=O) groups is 2. The van der Waals surface area contributed by atoms with Crippen LogP contribution in [0.4, 0.5) is 5.69 Å². The lowest BCUT2D eigenvalue weighted by atomic mass is 10.1. The molecule has 0 spiro atoms. The Kier molecular flexibility index (Phi) is 7.16. The predicted octanol–water partition coefficient (Wildman–Crippen LogP) is 3.17. The van der Waals surface area contributed by atoms with Crippen LogP contribution in [0.2, 0.25) is 0 Å². The maximum atomic E-state index is 12.3. The largest absolute Gasteiger partial charge is 0.449 e. The average Bonchev–Trinajstić information content (AvgIpc) is 2.63. The van der Waals surface area contributed by atoms with Crippen molar-refractivity contribution in [2.45, 2.75) is 51.7 Å². The summed E-state index contributed by atoms with van der Waals surface area (Å²) < 4.78 is 31.9. The molecule has 7 nitrogen and oxygen atoms in total. The fourth-order valence-corrected chi connectivity index (χ4v) is 3.87. The summed E-state index contributed by atoms with van der Waals surface area (Å²) in [4.78, 5) is 24.7. The molecule has 2 aromatic rings. The van der Waals surface area contributed by atoms with E-state index in [1.54, 1.807) is 19.9 Å². The molecule has 2 N–H and O–H groups in total. The van der Waals surface area contributed by atoms with E-state index < -0.39 is 28.0 Å². The molecular formula is C21H26N2O5S.